The molecule has 0 saturated heterocycles. The Bertz CT molecular complexity index is 1580. The fraction of sp³-hybridized carbons (Fsp3) is 0.250. The summed E-state index contributed by atoms with van der Waals surface area (Å²) in [4.78, 5) is 36.1. The monoisotopic (exact) mass is 527 g/mol. The number of thiazole rings is 1. The largest absolute Gasteiger partial charge is 0.497 e. The van der Waals surface area contributed by atoms with E-state index in [1.54, 1.807) is 31.4 Å². The standard InChI is InChI=1S/C28H25N5O4S/c1-17-25(33-11-12-38-28(33)30-17)24-23(26(34)37-16-20-7-3-6-19(13-20)15-29)22(31-27(35)32-24)10-9-18-5-4-8-21(14-18)36-2/h3-8,11-14,23-24H,9-10,16H2,1-2H3,(H,32,35). The molecule has 3 heterocycles. The summed E-state index contributed by atoms with van der Waals surface area (Å²) < 4.78 is 13.0. The molecule has 5 rings (SSSR count). The van der Waals surface area contributed by atoms with E-state index in [1.807, 2.05) is 47.2 Å². The van der Waals surface area contributed by atoms with Crippen LogP contribution < -0.4 is 10.1 Å². The van der Waals surface area contributed by atoms with Crippen LogP contribution in [0.2, 0.25) is 0 Å². The van der Waals surface area contributed by atoms with Crippen molar-refractivity contribution in [2.45, 2.75) is 32.4 Å². The van der Waals surface area contributed by atoms with Crippen molar-refractivity contribution in [2.24, 2.45) is 10.9 Å². The van der Waals surface area contributed by atoms with Gasteiger partial charge in [-0.25, -0.2) is 14.8 Å². The van der Waals surface area contributed by atoms with Gasteiger partial charge >= 0.3 is 12.0 Å². The van der Waals surface area contributed by atoms with E-state index in [4.69, 9.17) is 9.47 Å². The first-order valence-corrected chi connectivity index (χ1v) is 12.9. The normalized spacial score (nSPS) is 17.0. The Labute approximate surface area is 223 Å². The number of nitriles is 1. The van der Waals surface area contributed by atoms with Crippen molar-refractivity contribution in [2.75, 3.05) is 7.11 Å². The number of nitrogens with one attached hydrogen (secondary N) is 1. The highest BCUT2D eigenvalue weighted by Gasteiger charge is 2.42. The third kappa shape index (κ3) is 5.14. The molecular weight excluding hydrogens is 502 g/mol. The molecule has 38 heavy (non-hydrogen) atoms. The van der Waals surface area contributed by atoms with E-state index in [2.05, 4.69) is 21.4 Å². The highest BCUT2D eigenvalue weighted by atomic mass is 32.1. The van der Waals surface area contributed by atoms with Crippen LogP contribution in [0.5, 0.6) is 5.75 Å². The summed E-state index contributed by atoms with van der Waals surface area (Å²) in [6, 6.07) is 15.4. The summed E-state index contributed by atoms with van der Waals surface area (Å²) in [5.74, 6) is -0.628. The van der Waals surface area contributed by atoms with Crippen LogP contribution in [0, 0.1) is 24.2 Å². The van der Waals surface area contributed by atoms with Crippen molar-refractivity contribution in [1.29, 1.82) is 5.26 Å². The molecule has 2 amide bonds. The number of ether oxygens (including phenoxy) is 2. The molecule has 1 aliphatic heterocycles. The second-order valence-corrected chi connectivity index (χ2v) is 9.79. The van der Waals surface area contributed by atoms with Gasteiger partial charge in [-0.2, -0.15) is 5.26 Å². The second-order valence-electron chi connectivity index (χ2n) is 8.92. The lowest BCUT2D eigenvalue weighted by molar-refractivity contribution is -0.148. The lowest BCUT2D eigenvalue weighted by Crippen LogP contribution is -2.46. The first kappa shape index (κ1) is 25.2. The van der Waals surface area contributed by atoms with Crippen LogP contribution >= 0.6 is 11.3 Å². The number of nitrogens with zero attached hydrogens (tertiary/aromatic N) is 4. The Balaban J connectivity index is 1.47. The SMILES string of the molecule is COc1cccc(CCC2=NC(=O)NC(c3c(C)nc4sccn34)C2C(=O)OCc2cccc(C#N)c2)c1. The van der Waals surface area contributed by atoms with E-state index in [0.717, 1.165) is 27.7 Å². The predicted octanol–water partition coefficient (Wildman–Crippen LogP) is 4.78. The van der Waals surface area contributed by atoms with E-state index >= 15 is 0 Å². The Morgan fingerprint density at radius 2 is 2.00 bits per heavy atom. The number of carbonyl (C=O) groups excluding carboxylic acids is 2. The highest BCUT2D eigenvalue weighted by Crippen LogP contribution is 2.33. The van der Waals surface area contributed by atoms with Gasteiger partial charge in [-0.1, -0.05) is 24.3 Å². The van der Waals surface area contributed by atoms with Gasteiger partial charge in [-0.3, -0.25) is 9.20 Å². The van der Waals surface area contributed by atoms with Crippen molar-refractivity contribution >= 4 is 34.0 Å². The molecule has 192 valence electrons. The van der Waals surface area contributed by atoms with Crippen LogP contribution in [0.4, 0.5) is 4.79 Å². The van der Waals surface area contributed by atoms with E-state index in [0.29, 0.717) is 29.7 Å². The van der Waals surface area contributed by atoms with Crippen LogP contribution in [0.1, 0.15) is 40.5 Å². The first-order valence-electron chi connectivity index (χ1n) is 12.1. The van der Waals surface area contributed by atoms with Gasteiger partial charge in [-0.05, 0) is 55.2 Å². The van der Waals surface area contributed by atoms with Crippen LogP contribution in [-0.2, 0) is 22.6 Å². The number of fused-ring (bicyclic) bond motifs is 1. The molecule has 2 unspecified atom stereocenters. The number of aliphatic imine (C=N–C) groups is 1. The quantitative estimate of drug-likeness (QED) is 0.330. The van der Waals surface area contributed by atoms with Gasteiger partial charge in [0.05, 0.1) is 36.2 Å². The molecule has 0 aliphatic carbocycles. The Morgan fingerprint density at radius 1 is 1.18 bits per heavy atom. The molecule has 9 nitrogen and oxygen atoms in total. The minimum absolute atomic E-state index is 0.00602. The average molecular weight is 528 g/mol. The zero-order chi connectivity index (χ0) is 26.6. The lowest BCUT2D eigenvalue weighted by Gasteiger charge is -2.31. The number of carbonyl (C=O) groups is 2. The number of imidazole rings is 1. The highest BCUT2D eigenvalue weighted by molar-refractivity contribution is 7.15. The van der Waals surface area contributed by atoms with Gasteiger partial charge in [0.15, 0.2) is 4.96 Å². The van der Waals surface area contributed by atoms with Crippen LogP contribution in [0.25, 0.3) is 4.96 Å². The number of aromatic nitrogens is 2. The van der Waals surface area contributed by atoms with Crippen LogP contribution in [0.15, 0.2) is 65.1 Å². The van der Waals surface area contributed by atoms with Gasteiger partial charge in [0.1, 0.15) is 18.3 Å². The lowest BCUT2D eigenvalue weighted by atomic mass is 9.86. The van der Waals surface area contributed by atoms with Crippen molar-refractivity contribution in [1.82, 2.24) is 14.7 Å². The van der Waals surface area contributed by atoms with Gasteiger partial charge < -0.3 is 14.8 Å². The summed E-state index contributed by atoms with van der Waals surface area (Å²) in [7, 11) is 1.61. The average Bonchev–Trinajstić information content (AvgIpc) is 3.50. The third-order valence-electron chi connectivity index (χ3n) is 6.49. The molecule has 0 fully saturated rings. The fourth-order valence-corrected chi connectivity index (χ4v) is 5.48. The number of methoxy groups -OCH3 is 1. The zero-order valence-electron chi connectivity index (χ0n) is 20.9. The Morgan fingerprint density at radius 3 is 2.82 bits per heavy atom. The van der Waals surface area contributed by atoms with Crippen LogP contribution in [0.3, 0.4) is 0 Å². The second kappa shape index (κ2) is 10.9. The number of amides is 2. The summed E-state index contributed by atoms with van der Waals surface area (Å²) in [5, 5.41) is 14.0. The van der Waals surface area contributed by atoms with Crippen molar-refractivity contribution in [3.05, 3.63) is 88.2 Å². The maximum absolute atomic E-state index is 13.7. The fourth-order valence-electron chi connectivity index (χ4n) is 4.71. The van der Waals surface area contributed by atoms with E-state index in [-0.39, 0.29) is 6.61 Å². The van der Waals surface area contributed by atoms with Crippen molar-refractivity contribution in [3.8, 4) is 11.8 Å². The zero-order valence-corrected chi connectivity index (χ0v) is 21.7. The van der Waals surface area contributed by atoms with E-state index < -0.39 is 24.0 Å². The molecule has 2 aromatic heterocycles. The van der Waals surface area contributed by atoms with Gasteiger partial charge in [0.25, 0.3) is 0 Å². The minimum Gasteiger partial charge on any atom is -0.497 e. The number of urea groups is 1. The molecule has 0 saturated carbocycles. The molecule has 0 radical (unpaired) electrons. The molecule has 2 atom stereocenters. The number of hydrogen-bond donors (Lipinski definition) is 1. The maximum atomic E-state index is 13.7. The number of esters is 1. The molecular formula is C28H25N5O4S. The maximum Gasteiger partial charge on any atom is 0.341 e. The van der Waals surface area contributed by atoms with Gasteiger partial charge in [0, 0.05) is 17.3 Å². The van der Waals surface area contributed by atoms with E-state index in [9.17, 15) is 14.9 Å². The summed E-state index contributed by atoms with van der Waals surface area (Å²) in [5.41, 5.74) is 4.06. The Hall–Kier alpha value is -4.49. The van der Waals surface area contributed by atoms with Gasteiger partial charge in [0.2, 0.25) is 0 Å². The number of hydrogen-bond acceptors (Lipinski definition) is 7. The molecule has 1 N–H and O–H groups in total. The van der Waals surface area contributed by atoms with Crippen molar-refractivity contribution in [3.63, 3.8) is 0 Å². The predicted molar refractivity (Wildman–Crippen MR) is 142 cm³/mol. The molecule has 2 aromatic carbocycles. The van der Waals surface area contributed by atoms with E-state index in [1.165, 1.54) is 11.3 Å². The number of rotatable bonds is 8. The smallest absolute Gasteiger partial charge is 0.341 e. The van der Waals surface area contributed by atoms with Gasteiger partial charge in [-0.15, -0.1) is 11.3 Å². The molecule has 1 aliphatic rings. The molecule has 4 aromatic rings. The minimum atomic E-state index is -0.851. The molecule has 10 heteroatoms. The summed E-state index contributed by atoms with van der Waals surface area (Å²) >= 11 is 1.47. The third-order valence-corrected chi connectivity index (χ3v) is 7.25. The molecule has 0 spiro atoms. The summed E-state index contributed by atoms with van der Waals surface area (Å²) in [6.45, 7) is 1.85. The summed E-state index contributed by atoms with van der Waals surface area (Å²) in [6.07, 6.45) is 2.81. The Kier molecular flexibility index (Phi) is 7.20. The first-order chi connectivity index (χ1) is 18.5. The topological polar surface area (TPSA) is 118 Å². The number of aryl methyl sites for hydroxylation is 2. The number of benzene rings is 2. The molecule has 0 bridgehead atoms. The van der Waals surface area contributed by atoms with Crippen LogP contribution in [-0.4, -0.2) is 34.2 Å². The van der Waals surface area contributed by atoms with Crippen molar-refractivity contribution < 1.29 is 19.1 Å².